The predicted octanol–water partition coefficient (Wildman–Crippen LogP) is 3.44. The maximum atomic E-state index is 12.4. The summed E-state index contributed by atoms with van der Waals surface area (Å²) in [4.78, 5) is 14.7. The smallest absolute Gasteiger partial charge is 0.220 e. The van der Waals surface area contributed by atoms with Crippen molar-refractivity contribution >= 4 is 5.91 Å². The highest BCUT2D eigenvalue weighted by atomic mass is 16.1. The Bertz CT molecular complexity index is 550. The lowest BCUT2D eigenvalue weighted by Crippen LogP contribution is -2.38. The number of hydrogen-bond acceptors (Lipinski definition) is 3. The van der Waals surface area contributed by atoms with Crippen LogP contribution in [0.1, 0.15) is 63.5 Å². The van der Waals surface area contributed by atoms with Crippen molar-refractivity contribution < 1.29 is 4.79 Å². The zero-order chi connectivity index (χ0) is 18.3. The van der Waals surface area contributed by atoms with Gasteiger partial charge in [0, 0.05) is 25.6 Å². The SMILES string of the molecule is CC(C)N(C)Cc1cccc(CNC(=O)CC2(CN)CCCCC2)c1. The second-order valence-corrected chi connectivity index (χ2v) is 8.05. The van der Waals surface area contributed by atoms with Crippen molar-refractivity contribution in [2.75, 3.05) is 13.6 Å². The van der Waals surface area contributed by atoms with Gasteiger partial charge in [0.15, 0.2) is 0 Å². The molecule has 4 nitrogen and oxygen atoms in total. The number of hydrogen-bond donors (Lipinski definition) is 2. The summed E-state index contributed by atoms with van der Waals surface area (Å²) in [6.07, 6.45) is 6.44. The van der Waals surface area contributed by atoms with Crippen LogP contribution in [0.5, 0.6) is 0 Å². The highest BCUT2D eigenvalue weighted by Crippen LogP contribution is 2.38. The third-order valence-electron chi connectivity index (χ3n) is 5.68. The minimum Gasteiger partial charge on any atom is -0.352 e. The first-order valence-corrected chi connectivity index (χ1v) is 9.69. The molecular formula is C21H35N3O. The van der Waals surface area contributed by atoms with E-state index in [1.54, 1.807) is 0 Å². The van der Waals surface area contributed by atoms with Gasteiger partial charge >= 0.3 is 0 Å². The number of nitrogens with two attached hydrogens (primary N) is 1. The number of nitrogens with zero attached hydrogens (tertiary/aromatic N) is 1. The van der Waals surface area contributed by atoms with Gasteiger partial charge in [-0.25, -0.2) is 0 Å². The molecule has 1 fully saturated rings. The number of carbonyl (C=O) groups excluding carboxylic acids is 1. The molecule has 0 atom stereocenters. The molecule has 1 aliphatic carbocycles. The van der Waals surface area contributed by atoms with Crippen LogP contribution in [0, 0.1) is 5.41 Å². The molecule has 1 saturated carbocycles. The largest absolute Gasteiger partial charge is 0.352 e. The summed E-state index contributed by atoms with van der Waals surface area (Å²) < 4.78 is 0. The van der Waals surface area contributed by atoms with E-state index < -0.39 is 0 Å². The summed E-state index contributed by atoms with van der Waals surface area (Å²) in [6, 6.07) is 9.02. The molecule has 1 aromatic rings. The van der Waals surface area contributed by atoms with E-state index in [2.05, 4.69) is 55.4 Å². The second kappa shape index (κ2) is 9.35. The summed E-state index contributed by atoms with van der Waals surface area (Å²) >= 11 is 0. The van der Waals surface area contributed by atoms with Gasteiger partial charge in [0.2, 0.25) is 5.91 Å². The average Bonchev–Trinajstić information content (AvgIpc) is 2.61. The van der Waals surface area contributed by atoms with Crippen LogP contribution in [0.2, 0.25) is 0 Å². The highest BCUT2D eigenvalue weighted by molar-refractivity contribution is 5.76. The Kier molecular flexibility index (Phi) is 7.45. The standard InChI is InChI=1S/C21H35N3O/c1-17(2)24(3)15-19-9-7-8-18(12-19)14-23-20(25)13-21(16-22)10-5-4-6-11-21/h7-9,12,17H,4-6,10-11,13-16,22H2,1-3H3,(H,23,25). The molecule has 0 radical (unpaired) electrons. The van der Waals surface area contributed by atoms with Crippen molar-refractivity contribution in [1.29, 1.82) is 0 Å². The third-order valence-corrected chi connectivity index (χ3v) is 5.68. The molecule has 1 aromatic carbocycles. The number of benzene rings is 1. The van der Waals surface area contributed by atoms with Crippen LogP contribution in [-0.4, -0.2) is 30.4 Å². The number of rotatable bonds is 8. The molecule has 0 heterocycles. The Hall–Kier alpha value is -1.39. The van der Waals surface area contributed by atoms with Crippen LogP contribution in [0.25, 0.3) is 0 Å². The van der Waals surface area contributed by atoms with Gasteiger partial charge in [0.05, 0.1) is 0 Å². The van der Waals surface area contributed by atoms with Crippen molar-refractivity contribution in [2.45, 2.75) is 71.5 Å². The molecule has 2 rings (SSSR count). The molecule has 1 amide bonds. The molecule has 0 saturated heterocycles. The van der Waals surface area contributed by atoms with Gasteiger partial charge in [0.1, 0.15) is 0 Å². The first-order valence-electron chi connectivity index (χ1n) is 9.69. The van der Waals surface area contributed by atoms with E-state index in [-0.39, 0.29) is 11.3 Å². The molecule has 0 aliphatic heterocycles. The van der Waals surface area contributed by atoms with E-state index in [0.29, 0.717) is 25.6 Å². The van der Waals surface area contributed by atoms with Crippen molar-refractivity contribution in [3.8, 4) is 0 Å². The molecule has 25 heavy (non-hydrogen) atoms. The molecule has 1 aliphatic rings. The van der Waals surface area contributed by atoms with E-state index >= 15 is 0 Å². The normalized spacial score (nSPS) is 17.0. The number of carbonyl (C=O) groups is 1. The van der Waals surface area contributed by atoms with Crippen molar-refractivity contribution in [3.05, 3.63) is 35.4 Å². The third kappa shape index (κ3) is 6.12. The lowest BCUT2D eigenvalue weighted by atomic mass is 9.71. The molecule has 0 unspecified atom stereocenters. The summed E-state index contributed by atoms with van der Waals surface area (Å²) in [7, 11) is 2.13. The Balaban J connectivity index is 1.87. The fourth-order valence-electron chi connectivity index (χ4n) is 3.67. The maximum Gasteiger partial charge on any atom is 0.220 e. The highest BCUT2D eigenvalue weighted by Gasteiger charge is 2.32. The first-order chi connectivity index (χ1) is 11.9. The Morgan fingerprint density at radius 1 is 1.24 bits per heavy atom. The Morgan fingerprint density at radius 3 is 2.56 bits per heavy atom. The van der Waals surface area contributed by atoms with Gasteiger partial charge in [-0.15, -0.1) is 0 Å². The molecule has 140 valence electrons. The maximum absolute atomic E-state index is 12.4. The molecule has 0 bridgehead atoms. The molecule has 4 heteroatoms. The summed E-state index contributed by atoms with van der Waals surface area (Å²) in [5.41, 5.74) is 8.48. The van der Waals surface area contributed by atoms with E-state index in [4.69, 9.17) is 5.73 Å². The van der Waals surface area contributed by atoms with E-state index in [0.717, 1.165) is 24.9 Å². The van der Waals surface area contributed by atoms with E-state index in [1.165, 1.54) is 24.8 Å². The zero-order valence-electron chi connectivity index (χ0n) is 16.2. The zero-order valence-corrected chi connectivity index (χ0v) is 16.2. The topological polar surface area (TPSA) is 58.4 Å². The van der Waals surface area contributed by atoms with Crippen LogP contribution < -0.4 is 11.1 Å². The van der Waals surface area contributed by atoms with Crippen LogP contribution >= 0.6 is 0 Å². The fourth-order valence-corrected chi connectivity index (χ4v) is 3.67. The van der Waals surface area contributed by atoms with Gasteiger partial charge in [0.25, 0.3) is 0 Å². The van der Waals surface area contributed by atoms with Crippen molar-refractivity contribution in [2.24, 2.45) is 11.1 Å². The lowest BCUT2D eigenvalue weighted by Gasteiger charge is -2.35. The van der Waals surface area contributed by atoms with Gasteiger partial charge in [-0.3, -0.25) is 9.69 Å². The van der Waals surface area contributed by atoms with E-state index in [1.807, 2.05) is 0 Å². The molecule has 0 aromatic heterocycles. The van der Waals surface area contributed by atoms with Crippen LogP contribution in [0.3, 0.4) is 0 Å². The van der Waals surface area contributed by atoms with Crippen LogP contribution in [-0.2, 0) is 17.9 Å². The minimum atomic E-state index is 0.0319. The van der Waals surface area contributed by atoms with Gasteiger partial charge in [-0.1, -0.05) is 43.5 Å². The number of nitrogens with one attached hydrogen (secondary N) is 1. The van der Waals surface area contributed by atoms with Crippen LogP contribution in [0.4, 0.5) is 0 Å². The minimum absolute atomic E-state index is 0.0319. The van der Waals surface area contributed by atoms with Gasteiger partial charge in [-0.2, -0.15) is 0 Å². The quantitative estimate of drug-likeness (QED) is 0.759. The fraction of sp³-hybridized carbons (Fsp3) is 0.667. The predicted molar refractivity (Wildman–Crippen MR) is 104 cm³/mol. The van der Waals surface area contributed by atoms with Gasteiger partial charge in [-0.05, 0) is 56.8 Å². The van der Waals surface area contributed by atoms with Crippen LogP contribution in [0.15, 0.2) is 24.3 Å². The summed E-state index contributed by atoms with van der Waals surface area (Å²) in [5, 5.41) is 3.10. The summed E-state index contributed by atoms with van der Waals surface area (Å²) in [5.74, 6) is 0.136. The monoisotopic (exact) mass is 345 g/mol. The number of amides is 1. The second-order valence-electron chi connectivity index (χ2n) is 8.05. The first kappa shape index (κ1) is 19.9. The Labute approximate surface area is 153 Å². The van der Waals surface area contributed by atoms with Crippen molar-refractivity contribution in [3.63, 3.8) is 0 Å². The van der Waals surface area contributed by atoms with E-state index in [9.17, 15) is 4.79 Å². The molecular weight excluding hydrogens is 310 g/mol. The Morgan fingerprint density at radius 2 is 1.92 bits per heavy atom. The summed E-state index contributed by atoms with van der Waals surface area (Å²) in [6.45, 7) is 6.54. The van der Waals surface area contributed by atoms with Crippen molar-refractivity contribution in [1.82, 2.24) is 10.2 Å². The molecule has 3 N–H and O–H groups in total. The average molecular weight is 346 g/mol. The van der Waals surface area contributed by atoms with Gasteiger partial charge < -0.3 is 11.1 Å². The lowest BCUT2D eigenvalue weighted by molar-refractivity contribution is -0.124. The molecule has 0 spiro atoms.